The molecule has 2 heterocycles. The summed E-state index contributed by atoms with van der Waals surface area (Å²) in [6, 6.07) is 11.3. The van der Waals surface area contributed by atoms with Crippen molar-refractivity contribution in [3.63, 3.8) is 0 Å². The Morgan fingerprint density at radius 3 is 2.81 bits per heavy atom. The van der Waals surface area contributed by atoms with Crippen molar-refractivity contribution in [2.75, 3.05) is 19.3 Å². The Morgan fingerprint density at radius 2 is 2.10 bits per heavy atom. The first-order chi connectivity index (χ1) is 15.0. The predicted octanol–water partition coefficient (Wildman–Crippen LogP) is 1.95. The van der Waals surface area contributed by atoms with Gasteiger partial charge in [-0.3, -0.25) is 14.8 Å². The van der Waals surface area contributed by atoms with Gasteiger partial charge in [0.05, 0.1) is 29.0 Å². The monoisotopic (exact) mass is 413 g/mol. The molecule has 0 spiro atoms. The van der Waals surface area contributed by atoms with E-state index in [2.05, 4.69) is 16.0 Å². The molecule has 0 saturated heterocycles. The number of hydrogen-bond acceptors (Lipinski definition) is 6. The minimum atomic E-state index is -0.549. The number of hydrogen-bond donors (Lipinski definition) is 3. The van der Waals surface area contributed by atoms with Crippen molar-refractivity contribution in [3.8, 4) is 5.69 Å². The molecule has 2 aromatic carbocycles. The highest BCUT2D eigenvalue weighted by Gasteiger charge is 2.20. The van der Waals surface area contributed by atoms with Gasteiger partial charge in [0.2, 0.25) is 0 Å². The van der Waals surface area contributed by atoms with Crippen LogP contribution in [0.2, 0.25) is 0 Å². The zero-order valence-corrected chi connectivity index (χ0v) is 17.1. The Labute approximate surface area is 179 Å². The summed E-state index contributed by atoms with van der Waals surface area (Å²) >= 11 is 0. The van der Waals surface area contributed by atoms with Crippen molar-refractivity contribution < 1.29 is 4.79 Å². The number of imidazole rings is 1. The summed E-state index contributed by atoms with van der Waals surface area (Å²) < 4.78 is 1.98. The highest BCUT2D eigenvalue weighted by molar-refractivity contribution is 6.15. The molecule has 8 nitrogen and oxygen atoms in total. The van der Waals surface area contributed by atoms with Crippen LogP contribution in [0.15, 0.2) is 65.1 Å². The van der Waals surface area contributed by atoms with E-state index >= 15 is 0 Å². The molecule has 3 aromatic rings. The number of carbonyl (C=O) groups is 1. The van der Waals surface area contributed by atoms with Gasteiger partial charge in [0.15, 0.2) is 0 Å². The largest absolute Gasteiger partial charge is 0.404 e. The summed E-state index contributed by atoms with van der Waals surface area (Å²) in [7, 11) is 1.69. The molecule has 0 fully saturated rings. The zero-order valence-electron chi connectivity index (χ0n) is 17.1. The molecule has 0 bridgehead atoms. The summed E-state index contributed by atoms with van der Waals surface area (Å²) in [5.74, 6) is -0.549. The number of aromatic nitrogens is 2. The summed E-state index contributed by atoms with van der Waals surface area (Å²) in [5.41, 5.74) is 24.2. The smallest absolute Gasteiger partial charge is 0.250 e. The van der Waals surface area contributed by atoms with Crippen LogP contribution in [0.25, 0.3) is 11.3 Å². The van der Waals surface area contributed by atoms with E-state index in [9.17, 15) is 4.79 Å². The van der Waals surface area contributed by atoms with Gasteiger partial charge < -0.3 is 21.8 Å². The van der Waals surface area contributed by atoms with E-state index in [-0.39, 0.29) is 0 Å². The van der Waals surface area contributed by atoms with E-state index in [1.165, 1.54) is 6.20 Å². The van der Waals surface area contributed by atoms with Crippen LogP contribution in [0, 0.1) is 0 Å². The second-order valence-corrected chi connectivity index (χ2v) is 7.13. The number of nitrogens with two attached hydrogens (primary N) is 3. The summed E-state index contributed by atoms with van der Waals surface area (Å²) in [5, 5.41) is 0. The van der Waals surface area contributed by atoms with E-state index in [1.807, 2.05) is 29.0 Å². The molecular weight excluding hydrogens is 390 g/mol. The van der Waals surface area contributed by atoms with Crippen LogP contribution < -0.4 is 17.2 Å². The molecule has 1 aromatic heterocycles. The molecule has 1 aliphatic rings. The predicted molar refractivity (Wildman–Crippen MR) is 124 cm³/mol. The summed E-state index contributed by atoms with van der Waals surface area (Å²) in [4.78, 5) is 24.7. The van der Waals surface area contributed by atoms with Gasteiger partial charge in [-0.1, -0.05) is 18.2 Å². The molecule has 1 amide bonds. The fourth-order valence-corrected chi connectivity index (χ4v) is 3.78. The lowest BCUT2D eigenvalue weighted by Gasteiger charge is -2.21. The number of nitrogens with zero attached hydrogens (tertiary/aromatic N) is 4. The number of rotatable bonds is 5. The number of primary amides is 1. The number of aliphatic imine (C=N–C) groups is 2. The highest BCUT2D eigenvalue weighted by atomic mass is 16.1. The van der Waals surface area contributed by atoms with Gasteiger partial charge in [0, 0.05) is 54.6 Å². The molecule has 31 heavy (non-hydrogen) atoms. The van der Waals surface area contributed by atoms with Crippen LogP contribution in [-0.2, 0) is 6.42 Å². The molecule has 0 saturated carbocycles. The average Bonchev–Trinajstić information content (AvgIpc) is 3.26. The van der Waals surface area contributed by atoms with Crippen molar-refractivity contribution in [1.82, 2.24) is 9.55 Å². The molecule has 4 rings (SSSR count). The fraction of sp³-hybridized carbons (Fsp3) is 0.130. The lowest BCUT2D eigenvalue weighted by atomic mass is 9.91. The topological polar surface area (TPSA) is 138 Å². The van der Waals surface area contributed by atoms with Gasteiger partial charge in [-0.05, 0) is 30.2 Å². The van der Waals surface area contributed by atoms with Crippen molar-refractivity contribution in [3.05, 3.63) is 83.1 Å². The Hall–Kier alpha value is -4.20. The molecule has 0 atom stereocenters. The standard InChI is InChI=1S/C23H23N7O/c1-27-11-15(10-24)20-12-30(13-29-20)21-4-2-3-17-16(21)7-8-28-22(17)14-5-6-18(23(26)31)19(25)9-14/h2-6,9-13H,7-8,24-25H2,1H3,(H2,26,31). The van der Waals surface area contributed by atoms with Gasteiger partial charge in [-0.25, -0.2) is 4.98 Å². The maximum Gasteiger partial charge on any atom is 0.250 e. The first-order valence-electron chi connectivity index (χ1n) is 9.78. The summed E-state index contributed by atoms with van der Waals surface area (Å²) in [6.07, 6.45) is 7.67. The van der Waals surface area contributed by atoms with E-state index in [1.54, 1.807) is 31.7 Å². The number of carbonyl (C=O) groups excluding carboxylic acids is 1. The van der Waals surface area contributed by atoms with E-state index < -0.39 is 5.91 Å². The number of benzene rings is 2. The maximum atomic E-state index is 11.5. The molecule has 0 radical (unpaired) electrons. The minimum absolute atomic E-state index is 0.305. The van der Waals surface area contributed by atoms with Gasteiger partial charge in [-0.15, -0.1) is 0 Å². The third-order valence-corrected chi connectivity index (χ3v) is 5.23. The maximum absolute atomic E-state index is 11.5. The van der Waals surface area contributed by atoms with E-state index in [4.69, 9.17) is 22.2 Å². The van der Waals surface area contributed by atoms with Gasteiger partial charge >= 0.3 is 0 Å². The Kier molecular flexibility index (Phi) is 5.36. The molecular formula is C23H23N7O. The lowest BCUT2D eigenvalue weighted by Crippen LogP contribution is -2.18. The van der Waals surface area contributed by atoms with Gasteiger partial charge in [0.1, 0.15) is 0 Å². The van der Waals surface area contributed by atoms with E-state index in [0.29, 0.717) is 17.8 Å². The Bertz CT molecular complexity index is 1250. The van der Waals surface area contributed by atoms with E-state index in [0.717, 1.165) is 45.8 Å². The van der Waals surface area contributed by atoms with Crippen LogP contribution in [0.1, 0.15) is 32.7 Å². The Balaban J connectivity index is 1.76. The minimum Gasteiger partial charge on any atom is -0.404 e. The molecule has 156 valence electrons. The van der Waals surface area contributed by atoms with Crippen LogP contribution in [0.5, 0.6) is 0 Å². The zero-order chi connectivity index (χ0) is 22.0. The van der Waals surface area contributed by atoms with Gasteiger partial charge in [0.25, 0.3) is 5.91 Å². The van der Waals surface area contributed by atoms with Gasteiger partial charge in [-0.2, -0.15) is 0 Å². The third-order valence-electron chi connectivity index (χ3n) is 5.23. The molecule has 0 unspecified atom stereocenters. The quantitative estimate of drug-likeness (QED) is 0.435. The number of fused-ring (bicyclic) bond motifs is 1. The lowest BCUT2D eigenvalue weighted by molar-refractivity contribution is 0.100. The molecule has 8 heteroatoms. The molecule has 1 aliphatic heterocycles. The van der Waals surface area contributed by atoms with Crippen molar-refractivity contribution in [2.45, 2.75) is 6.42 Å². The highest BCUT2D eigenvalue weighted by Crippen LogP contribution is 2.28. The van der Waals surface area contributed by atoms with Crippen molar-refractivity contribution >= 4 is 29.1 Å². The number of allylic oxidation sites excluding steroid dienone is 1. The normalized spacial score (nSPS) is 13.8. The van der Waals surface area contributed by atoms with Crippen molar-refractivity contribution in [2.24, 2.45) is 21.5 Å². The third kappa shape index (κ3) is 3.71. The number of nitrogen functional groups attached to an aromatic ring is 1. The molecule has 0 aliphatic carbocycles. The second-order valence-electron chi connectivity index (χ2n) is 7.13. The molecule has 6 N–H and O–H groups in total. The SMILES string of the molecule is CN=CC(=CN)c1cn(-c2cccc3c2CCN=C3c2ccc(C(N)=O)c(N)c2)cn1. The van der Waals surface area contributed by atoms with Crippen molar-refractivity contribution in [1.29, 1.82) is 0 Å². The van der Waals surface area contributed by atoms with Crippen LogP contribution in [0.4, 0.5) is 5.69 Å². The second kappa shape index (κ2) is 8.27. The first kappa shape index (κ1) is 20.1. The first-order valence-corrected chi connectivity index (χ1v) is 9.78. The van der Waals surface area contributed by atoms with Crippen LogP contribution >= 0.6 is 0 Å². The van der Waals surface area contributed by atoms with Crippen LogP contribution in [0.3, 0.4) is 0 Å². The Morgan fingerprint density at radius 1 is 1.26 bits per heavy atom. The number of amides is 1. The number of anilines is 1. The average molecular weight is 413 g/mol. The summed E-state index contributed by atoms with van der Waals surface area (Å²) in [6.45, 7) is 0.648. The fourth-order valence-electron chi connectivity index (χ4n) is 3.78. The van der Waals surface area contributed by atoms with Crippen LogP contribution in [-0.4, -0.2) is 41.0 Å².